The molecule has 1 atom stereocenters. The van der Waals surface area contributed by atoms with Crippen molar-refractivity contribution in [1.29, 1.82) is 0 Å². The van der Waals surface area contributed by atoms with Crippen LogP contribution in [0.4, 0.5) is 0 Å². The van der Waals surface area contributed by atoms with Crippen LogP contribution >= 0.6 is 11.6 Å². The molecule has 1 saturated heterocycles. The van der Waals surface area contributed by atoms with Crippen LogP contribution in [0, 0.1) is 0 Å². The largest absolute Gasteiger partial charge is 0.480 e. The number of nitrogens with one attached hydrogen (secondary N) is 1. The monoisotopic (exact) mass is 269 g/mol. The van der Waals surface area contributed by atoms with Gasteiger partial charge in [0.1, 0.15) is 11.7 Å². The van der Waals surface area contributed by atoms with E-state index in [1.807, 2.05) is 0 Å². The summed E-state index contributed by atoms with van der Waals surface area (Å²) in [5, 5.41) is 12.5. The smallest absolute Gasteiger partial charge is 0.327 e. The summed E-state index contributed by atoms with van der Waals surface area (Å²) >= 11 is 5.69. The highest BCUT2D eigenvalue weighted by molar-refractivity contribution is 6.30. The first-order chi connectivity index (χ1) is 8.59. The average Bonchev–Trinajstić information content (AvgIpc) is 2.39. The van der Waals surface area contributed by atoms with E-state index in [0.717, 1.165) is 0 Å². The maximum Gasteiger partial charge on any atom is 0.327 e. The van der Waals surface area contributed by atoms with Crippen molar-refractivity contribution in [2.75, 3.05) is 19.6 Å². The molecule has 2 N–H and O–H groups in total. The van der Waals surface area contributed by atoms with Crippen LogP contribution in [0.25, 0.3) is 0 Å². The lowest BCUT2D eigenvalue weighted by molar-refractivity contribution is -0.142. The molecule has 0 saturated carbocycles. The number of carbonyl (C=O) groups excluding carboxylic acids is 1. The van der Waals surface area contributed by atoms with Gasteiger partial charge in [-0.3, -0.25) is 4.79 Å². The lowest BCUT2D eigenvalue weighted by atomic mass is 10.1. The molecule has 96 valence electrons. The van der Waals surface area contributed by atoms with Crippen LogP contribution in [0.3, 0.4) is 0 Å². The lowest BCUT2D eigenvalue weighted by Gasteiger charge is -2.33. The minimum atomic E-state index is -1.02. The Kier molecular flexibility index (Phi) is 3.78. The molecule has 6 nitrogen and oxygen atoms in total. The van der Waals surface area contributed by atoms with E-state index in [0.29, 0.717) is 18.1 Å². The maximum absolute atomic E-state index is 12.2. The summed E-state index contributed by atoms with van der Waals surface area (Å²) in [6.07, 6.45) is 1.37. The topological polar surface area (TPSA) is 82.5 Å². The van der Waals surface area contributed by atoms with Gasteiger partial charge in [0.25, 0.3) is 5.91 Å². The summed E-state index contributed by atoms with van der Waals surface area (Å²) in [7, 11) is 0. The normalized spacial score (nSPS) is 19.6. The van der Waals surface area contributed by atoms with Crippen molar-refractivity contribution in [3.63, 3.8) is 0 Å². The molecule has 2 heterocycles. The molecule has 0 radical (unpaired) electrons. The fourth-order valence-electron chi connectivity index (χ4n) is 1.82. The van der Waals surface area contributed by atoms with Gasteiger partial charge >= 0.3 is 5.97 Å². The average molecular weight is 270 g/mol. The molecule has 1 aliphatic rings. The van der Waals surface area contributed by atoms with Crippen molar-refractivity contribution in [2.45, 2.75) is 6.04 Å². The van der Waals surface area contributed by atoms with Crippen molar-refractivity contribution in [2.24, 2.45) is 0 Å². The SMILES string of the molecule is O=C(O)C1CNCCN1C(=O)c1ccc(Cl)cn1. The van der Waals surface area contributed by atoms with Crippen LogP contribution in [-0.4, -0.2) is 52.5 Å². The van der Waals surface area contributed by atoms with Crippen LogP contribution < -0.4 is 5.32 Å². The van der Waals surface area contributed by atoms with Gasteiger partial charge in [0, 0.05) is 25.8 Å². The van der Waals surface area contributed by atoms with E-state index in [1.165, 1.54) is 17.2 Å². The van der Waals surface area contributed by atoms with Gasteiger partial charge in [-0.2, -0.15) is 0 Å². The molecule has 0 aliphatic carbocycles. The van der Waals surface area contributed by atoms with Gasteiger partial charge in [-0.1, -0.05) is 11.6 Å². The van der Waals surface area contributed by atoms with Crippen molar-refractivity contribution in [1.82, 2.24) is 15.2 Å². The number of aliphatic carboxylic acids is 1. The summed E-state index contributed by atoms with van der Waals surface area (Å²) in [4.78, 5) is 28.5. The van der Waals surface area contributed by atoms with Gasteiger partial charge < -0.3 is 15.3 Å². The number of amides is 1. The van der Waals surface area contributed by atoms with E-state index in [9.17, 15) is 9.59 Å². The molecular weight excluding hydrogens is 258 g/mol. The number of pyridine rings is 1. The van der Waals surface area contributed by atoms with E-state index in [4.69, 9.17) is 16.7 Å². The molecule has 0 bridgehead atoms. The number of rotatable bonds is 2. The molecule has 0 aromatic carbocycles. The summed E-state index contributed by atoms with van der Waals surface area (Å²) in [6, 6.07) is 2.19. The van der Waals surface area contributed by atoms with Gasteiger partial charge in [0.2, 0.25) is 0 Å². The van der Waals surface area contributed by atoms with E-state index >= 15 is 0 Å². The fraction of sp³-hybridized carbons (Fsp3) is 0.364. The Morgan fingerprint density at radius 1 is 1.50 bits per heavy atom. The van der Waals surface area contributed by atoms with Crippen molar-refractivity contribution < 1.29 is 14.7 Å². The zero-order valence-corrected chi connectivity index (χ0v) is 10.2. The molecule has 7 heteroatoms. The number of hydrogen-bond acceptors (Lipinski definition) is 4. The van der Waals surface area contributed by atoms with Crippen molar-refractivity contribution >= 4 is 23.5 Å². The van der Waals surface area contributed by atoms with E-state index in [-0.39, 0.29) is 18.1 Å². The van der Waals surface area contributed by atoms with Gasteiger partial charge in [-0.25, -0.2) is 9.78 Å². The second-order valence-electron chi connectivity index (χ2n) is 3.92. The van der Waals surface area contributed by atoms with Crippen molar-refractivity contribution in [3.8, 4) is 0 Å². The van der Waals surface area contributed by atoms with E-state index < -0.39 is 12.0 Å². The van der Waals surface area contributed by atoms with Gasteiger partial charge in [-0.15, -0.1) is 0 Å². The predicted octanol–water partition coefficient (Wildman–Crippen LogP) is 0.234. The maximum atomic E-state index is 12.2. The quantitative estimate of drug-likeness (QED) is 0.803. The molecule has 1 aromatic rings. The van der Waals surface area contributed by atoms with Crippen LogP contribution in [0.15, 0.2) is 18.3 Å². The highest BCUT2D eigenvalue weighted by Crippen LogP contribution is 2.12. The summed E-state index contributed by atoms with van der Waals surface area (Å²) < 4.78 is 0. The third-order valence-corrected chi connectivity index (χ3v) is 2.96. The van der Waals surface area contributed by atoms with Crippen LogP contribution in [0.5, 0.6) is 0 Å². The zero-order chi connectivity index (χ0) is 13.1. The summed E-state index contributed by atoms with van der Waals surface area (Å²) in [6.45, 7) is 1.16. The first-order valence-corrected chi connectivity index (χ1v) is 5.83. The van der Waals surface area contributed by atoms with Crippen LogP contribution in [0.2, 0.25) is 5.02 Å². The first-order valence-electron chi connectivity index (χ1n) is 5.45. The summed E-state index contributed by atoms with van der Waals surface area (Å²) in [5.41, 5.74) is 0.201. The Hall–Kier alpha value is -1.66. The highest BCUT2D eigenvalue weighted by atomic mass is 35.5. The first kappa shape index (κ1) is 12.8. The number of hydrogen-bond donors (Lipinski definition) is 2. The number of carbonyl (C=O) groups is 2. The molecule has 1 aromatic heterocycles. The van der Waals surface area contributed by atoms with Gasteiger partial charge in [0.15, 0.2) is 0 Å². The molecule has 1 fully saturated rings. The van der Waals surface area contributed by atoms with Gasteiger partial charge in [-0.05, 0) is 12.1 Å². The molecule has 0 spiro atoms. The Labute approximate surface area is 109 Å². The fourth-order valence-corrected chi connectivity index (χ4v) is 1.93. The van der Waals surface area contributed by atoms with Gasteiger partial charge in [0.05, 0.1) is 5.02 Å². The van der Waals surface area contributed by atoms with Crippen molar-refractivity contribution in [3.05, 3.63) is 29.0 Å². The second kappa shape index (κ2) is 5.32. The lowest BCUT2D eigenvalue weighted by Crippen LogP contribution is -2.57. The Morgan fingerprint density at radius 2 is 2.28 bits per heavy atom. The Morgan fingerprint density at radius 3 is 2.89 bits per heavy atom. The third kappa shape index (κ3) is 2.60. The number of piperazine rings is 1. The second-order valence-corrected chi connectivity index (χ2v) is 4.35. The molecular formula is C11H12ClN3O3. The van der Waals surface area contributed by atoms with Crippen LogP contribution in [0.1, 0.15) is 10.5 Å². The van der Waals surface area contributed by atoms with E-state index in [1.54, 1.807) is 6.07 Å². The minimum Gasteiger partial charge on any atom is -0.480 e. The number of aromatic nitrogens is 1. The molecule has 1 unspecified atom stereocenters. The third-order valence-electron chi connectivity index (χ3n) is 2.74. The number of halogens is 1. The highest BCUT2D eigenvalue weighted by Gasteiger charge is 2.32. The standard InChI is InChI=1S/C11H12ClN3O3/c12-7-1-2-8(14-5-7)10(16)15-4-3-13-6-9(15)11(17)18/h1-2,5,9,13H,3-4,6H2,(H,17,18). The Balaban J connectivity index is 2.20. The number of nitrogens with zero attached hydrogens (tertiary/aromatic N) is 2. The molecule has 18 heavy (non-hydrogen) atoms. The minimum absolute atomic E-state index is 0.201. The zero-order valence-electron chi connectivity index (χ0n) is 9.47. The van der Waals surface area contributed by atoms with E-state index in [2.05, 4.69) is 10.3 Å². The molecule has 2 rings (SSSR count). The Bertz CT molecular complexity index is 463. The molecule has 1 amide bonds. The molecule has 1 aliphatic heterocycles. The number of carboxylic acids is 1. The number of carboxylic acid groups (broad SMARTS) is 1. The predicted molar refractivity (Wildman–Crippen MR) is 64.6 cm³/mol. The van der Waals surface area contributed by atoms with Crippen LogP contribution in [-0.2, 0) is 4.79 Å². The summed E-state index contributed by atoms with van der Waals surface area (Å²) in [5.74, 6) is -1.41.